The van der Waals surface area contributed by atoms with Crippen LogP contribution in [0.5, 0.6) is 0 Å². The molecule has 0 aromatic carbocycles. The van der Waals surface area contributed by atoms with E-state index in [9.17, 15) is 18.4 Å². The van der Waals surface area contributed by atoms with Gasteiger partial charge in [0.25, 0.3) is 5.92 Å². The van der Waals surface area contributed by atoms with Gasteiger partial charge < -0.3 is 16.4 Å². The minimum atomic E-state index is -2.80. The third-order valence-corrected chi connectivity index (χ3v) is 8.17. The first-order valence-electron chi connectivity index (χ1n) is 11.7. The summed E-state index contributed by atoms with van der Waals surface area (Å²) in [7, 11) is 0. The predicted octanol–water partition coefficient (Wildman–Crippen LogP) is 1.94. The summed E-state index contributed by atoms with van der Waals surface area (Å²) >= 11 is 0. The first-order chi connectivity index (χ1) is 14.6. The lowest BCUT2D eigenvalue weighted by Crippen LogP contribution is -2.51. The van der Waals surface area contributed by atoms with Gasteiger partial charge >= 0.3 is 0 Å². The summed E-state index contributed by atoms with van der Waals surface area (Å²) in [5.41, 5.74) is 11.4. The molecule has 6 unspecified atom stereocenters. The average molecular weight is 440 g/mol. The van der Waals surface area contributed by atoms with Gasteiger partial charge in [0.1, 0.15) is 0 Å². The number of carbonyl (C=O) groups excluding carboxylic acids is 2. The van der Waals surface area contributed by atoms with E-state index in [-0.39, 0.29) is 54.4 Å². The minimum Gasteiger partial charge on any atom is -0.387 e. The number of hydrogen-bond acceptors (Lipinski definition) is 4. The van der Waals surface area contributed by atoms with Gasteiger partial charge in [0, 0.05) is 37.4 Å². The van der Waals surface area contributed by atoms with Crippen molar-refractivity contribution in [3.05, 3.63) is 0 Å². The molecular formula is C22H35F2N5O2. The van der Waals surface area contributed by atoms with Gasteiger partial charge in [-0.25, -0.2) is 8.78 Å². The van der Waals surface area contributed by atoms with E-state index in [2.05, 4.69) is 4.90 Å². The quantitative estimate of drug-likeness (QED) is 0.448. The molecule has 7 nitrogen and oxygen atoms in total. The third kappa shape index (κ3) is 4.71. The molecule has 0 aromatic heterocycles. The molecule has 0 bridgehead atoms. The van der Waals surface area contributed by atoms with Crippen LogP contribution in [0.2, 0.25) is 0 Å². The molecule has 4 fully saturated rings. The molecule has 2 saturated carbocycles. The molecule has 5 N–H and O–H groups in total. The van der Waals surface area contributed by atoms with E-state index < -0.39 is 18.5 Å². The molecule has 31 heavy (non-hydrogen) atoms. The van der Waals surface area contributed by atoms with Crippen molar-refractivity contribution in [3.8, 4) is 0 Å². The summed E-state index contributed by atoms with van der Waals surface area (Å²) in [5, 5.41) is 7.90. The summed E-state index contributed by atoms with van der Waals surface area (Å²) < 4.78 is 27.6. The number of nitrogens with two attached hydrogens (primary N) is 2. The number of hydrogen-bond donors (Lipinski definition) is 3. The van der Waals surface area contributed by atoms with Crippen molar-refractivity contribution in [3.63, 3.8) is 0 Å². The van der Waals surface area contributed by atoms with Gasteiger partial charge in [-0.05, 0) is 56.8 Å². The fourth-order valence-corrected chi connectivity index (χ4v) is 6.48. The number of amides is 2. The van der Waals surface area contributed by atoms with Crippen LogP contribution in [0.3, 0.4) is 0 Å². The van der Waals surface area contributed by atoms with Gasteiger partial charge in [-0.1, -0.05) is 6.42 Å². The lowest BCUT2D eigenvalue weighted by molar-refractivity contribution is -0.137. The molecule has 6 atom stereocenters. The first-order valence-corrected chi connectivity index (χ1v) is 11.7. The predicted molar refractivity (Wildman–Crippen MR) is 112 cm³/mol. The van der Waals surface area contributed by atoms with Crippen LogP contribution in [-0.2, 0) is 9.59 Å². The van der Waals surface area contributed by atoms with Crippen molar-refractivity contribution >= 4 is 17.6 Å². The topological polar surface area (TPSA) is 117 Å². The summed E-state index contributed by atoms with van der Waals surface area (Å²) in [4.78, 5) is 28.6. The molecule has 2 heterocycles. The Morgan fingerprint density at radius 2 is 1.81 bits per heavy atom. The van der Waals surface area contributed by atoms with E-state index in [1.165, 1.54) is 4.90 Å². The van der Waals surface area contributed by atoms with Crippen LogP contribution >= 0.6 is 0 Å². The number of nitrogens with one attached hydrogen (secondary N) is 1. The molecule has 0 spiro atoms. The molecule has 0 aromatic rings. The second kappa shape index (κ2) is 8.64. The Balaban J connectivity index is 1.52. The Morgan fingerprint density at radius 3 is 2.45 bits per heavy atom. The zero-order valence-electron chi connectivity index (χ0n) is 18.1. The van der Waals surface area contributed by atoms with Crippen LogP contribution in [-0.4, -0.2) is 65.1 Å². The van der Waals surface area contributed by atoms with E-state index in [0.717, 1.165) is 44.9 Å². The lowest BCUT2D eigenvalue weighted by Gasteiger charge is -2.40. The van der Waals surface area contributed by atoms with Gasteiger partial charge in [0.15, 0.2) is 0 Å². The second-order valence-electron chi connectivity index (χ2n) is 10.2. The number of primary amides is 1. The maximum atomic E-state index is 13.8. The van der Waals surface area contributed by atoms with E-state index in [0.29, 0.717) is 18.9 Å². The molecule has 9 heteroatoms. The van der Waals surface area contributed by atoms with Crippen molar-refractivity contribution < 1.29 is 18.4 Å². The Kier molecular flexibility index (Phi) is 6.25. The minimum absolute atomic E-state index is 0.0124. The van der Waals surface area contributed by atoms with Crippen LogP contribution in [0.4, 0.5) is 8.78 Å². The fraction of sp³-hybridized carbons (Fsp3) is 0.864. The van der Waals surface area contributed by atoms with Gasteiger partial charge in [-0.15, -0.1) is 0 Å². The summed E-state index contributed by atoms with van der Waals surface area (Å²) in [6.07, 6.45) is 6.36. The highest BCUT2D eigenvalue weighted by Crippen LogP contribution is 2.44. The molecular weight excluding hydrogens is 404 g/mol. The highest BCUT2D eigenvalue weighted by molar-refractivity contribution is 5.83. The molecule has 2 saturated heterocycles. The number of alkyl halides is 2. The summed E-state index contributed by atoms with van der Waals surface area (Å²) in [6.45, 7) is 0.291. The highest BCUT2D eigenvalue weighted by atomic mass is 19.3. The smallest absolute Gasteiger partial charge is 0.267 e. The monoisotopic (exact) mass is 439 g/mol. The molecule has 0 radical (unpaired) electrons. The molecule has 2 aliphatic heterocycles. The normalized spacial score (nSPS) is 38.1. The van der Waals surface area contributed by atoms with E-state index >= 15 is 0 Å². The molecule has 4 aliphatic rings. The number of rotatable bonds is 5. The standard InChI is InChI=1S/C22H35F2N5O2/c23-22(24)6-7-28(12-22)21(31)18-9-14-4-5-15(19(25)26)10-17(14)29(18)11-13-2-1-3-16(8-13)20(27)30/h13-18H,1-12H2,(H3,25,26)(H2,27,30). The average Bonchev–Trinajstić information content (AvgIpc) is 3.27. The van der Waals surface area contributed by atoms with Crippen molar-refractivity contribution in [2.45, 2.75) is 75.8 Å². The largest absolute Gasteiger partial charge is 0.387 e. The Labute approximate surface area is 182 Å². The van der Waals surface area contributed by atoms with Gasteiger partial charge in [0.05, 0.1) is 18.4 Å². The van der Waals surface area contributed by atoms with Gasteiger partial charge in [0.2, 0.25) is 11.8 Å². The van der Waals surface area contributed by atoms with Crippen LogP contribution < -0.4 is 11.5 Å². The molecule has 4 rings (SSSR count). The van der Waals surface area contributed by atoms with Crippen LogP contribution in [0.25, 0.3) is 0 Å². The number of carbonyl (C=O) groups is 2. The van der Waals surface area contributed by atoms with Crippen molar-refractivity contribution in [1.29, 1.82) is 5.41 Å². The summed E-state index contributed by atoms with van der Waals surface area (Å²) in [6, 6.07) is -0.266. The van der Waals surface area contributed by atoms with E-state index in [4.69, 9.17) is 16.9 Å². The van der Waals surface area contributed by atoms with Crippen LogP contribution in [0.1, 0.15) is 57.8 Å². The van der Waals surface area contributed by atoms with E-state index in [1.807, 2.05) is 0 Å². The maximum Gasteiger partial charge on any atom is 0.267 e. The zero-order valence-corrected chi connectivity index (χ0v) is 18.1. The van der Waals surface area contributed by atoms with Crippen LogP contribution in [0.15, 0.2) is 0 Å². The molecule has 174 valence electrons. The SMILES string of the molecule is N=C(N)C1CCC2CC(C(=O)N3CCC(F)(F)C3)N(CC3CCCC(C(N)=O)C3)C2C1. The molecule has 2 aliphatic carbocycles. The van der Waals surface area contributed by atoms with Crippen LogP contribution in [0, 0.1) is 29.1 Å². The van der Waals surface area contributed by atoms with Crippen molar-refractivity contribution in [2.75, 3.05) is 19.6 Å². The molecule has 2 amide bonds. The second-order valence-corrected chi connectivity index (χ2v) is 10.2. The number of halogens is 2. The number of amidine groups is 1. The van der Waals surface area contributed by atoms with Crippen molar-refractivity contribution in [1.82, 2.24) is 9.80 Å². The van der Waals surface area contributed by atoms with Gasteiger partial charge in [-0.2, -0.15) is 0 Å². The summed E-state index contributed by atoms with van der Waals surface area (Å²) in [5.74, 6) is -2.58. The Hall–Kier alpha value is -1.77. The Bertz CT molecular complexity index is 733. The fourth-order valence-electron chi connectivity index (χ4n) is 6.48. The number of nitrogens with zero attached hydrogens (tertiary/aromatic N) is 2. The highest BCUT2D eigenvalue weighted by Gasteiger charge is 2.51. The first kappa shape index (κ1) is 22.4. The lowest BCUT2D eigenvalue weighted by atomic mass is 9.77. The number of likely N-dealkylation sites (tertiary alicyclic amines) is 2. The van der Waals surface area contributed by atoms with E-state index in [1.54, 1.807) is 0 Å². The third-order valence-electron chi connectivity index (χ3n) is 8.17. The number of fused-ring (bicyclic) bond motifs is 1. The Morgan fingerprint density at radius 1 is 1.03 bits per heavy atom. The zero-order chi connectivity index (χ0) is 22.3. The van der Waals surface area contributed by atoms with Gasteiger partial charge in [-0.3, -0.25) is 19.9 Å². The van der Waals surface area contributed by atoms with Crippen molar-refractivity contribution in [2.24, 2.45) is 35.1 Å². The maximum absolute atomic E-state index is 13.8.